The Hall–Kier alpha value is -1.02. The van der Waals surface area contributed by atoms with Crippen molar-refractivity contribution in [3.63, 3.8) is 0 Å². The molecule has 2 atom stereocenters. The minimum Gasteiger partial charge on any atom is -0.368 e. The van der Waals surface area contributed by atoms with Crippen LogP contribution in [0.25, 0.3) is 0 Å². The topological polar surface area (TPSA) is 15.3 Å². The maximum Gasteiger partial charge on any atom is 0.0414 e. The van der Waals surface area contributed by atoms with Crippen molar-refractivity contribution in [1.82, 2.24) is 5.32 Å². The summed E-state index contributed by atoms with van der Waals surface area (Å²) in [5, 5.41) is 3.62. The van der Waals surface area contributed by atoms with Crippen LogP contribution in [0.1, 0.15) is 53.0 Å². The predicted molar refractivity (Wildman–Crippen MR) is 88.2 cm³/mol. The number of para-hydroxylation sites is 1. The van der Waals surface area contributed by atoms with Crippen molar-refractivity contribution in [2.75, 3.05) is 11.4 Å². The maximum absolute atomic E-state index is 3.62. The Balaban J connectivity index is 2.18. The summed E-state index contributed by atoms with van der Waals surface area (Å²) in [5.74, 6) is 0.801. The second-order valence-electron chi connectivity index (χ2n) is 7.42. The number of piperidine rings is 1. The molecular weight excluding hydrogens is 244 g/mol. The van der Waals surface area contributed by atoms with Crippen LogP contribution in [0.3, 0.4) is 0 Å². The number of rotatable bonds is 3. The Morgan fingerprint density at radius 1 is 1.15 bits per heavy atom. The molecule has 0 bridgehead atoms. The lowest BCUT2D eigenvalue weighted by molar-refractivity contribution is 0.387. The summed E-state index contributed by atoms with van der Waals surface area (Å²) in [6.07, 6.45) is 2.67. The standard InChI is InChI=1S/C18H30N2/c1-14-10-11-15(2)20(13-14)17-9-7-6-8-16(17)12-19-18(3,4)5/h6-9,14-15,19H,10-13H2,1-5H3. The Kier molecular flexibility index (Phi) is 4.74. The largest absolute Gasteiger partial charge is 0.368 e. The molecule has 1 saturated heterocycles. The molecular formula is C18H30N2. The van der Waals surface area contributed by atoms with E-state index in [0.717, 1.165) is 12.5 Å². The van der Waals surface area contributed by atoms with Crippen LogP contribution in [-0.2, 0) is 6.54 Å². The molecule has 20 heavy (non-hydrogen) atoms. The highest BCUT2D eigenvalue weighted by Crippen LogP contribution is 2.30. The third-order valence-corrected chi connectivity index (χ3v) is 4.23. The summed E-state index contributed by atoms with van der Waals surface area (Å²) in [6.45, 7) is 13.5. The summed E-state index contributed by atoms with van der Waals surface area (Å²) >= 11 is 0. The Morgan fingerprint density at radius 3 is 2.55 bits per heavy atom. The highest BCUT2D eigenvalue weighted by Gasteiger charge is 2.24. The highest BCUT2D eigenvalue weighted by molar-refractivity contribution is 5.54. The average Bonchev–Trinajstić information content (AvgIpc) is 2.39. The van der Waals surface area contributed by atoms with Crippen LogP contribution in [0.4, 0.5) is 5.69 Å². The number of benzene rings is 1. The Labute approximate surface area is 124 Å². The smallest absolute Gasteiger partial charge is 0.0414 e. The number of hydrogen-bond donors (Lipinski definition) is 1. The monoisotopic (exact) mass is 274 g/mol. The molecule has 1 aliphatic rings. The van der Waals surface area contributed by atoms with Crippen LogP contribution in [0.2, 0.25) is 0 Å². The van der Waals surface area contributed by atoms with Gasteiger partial charge in [0.15, 0.2) is 0 Å². The van der Waals surface area contributed by atoms with Gasteiger partial charge in [0.1, 0.15) is 0 Å². The van der Waals surface area contributed by atoms with Crippen molar-refractivity contribution < 1.29 is 0 Å². The van der Waals surface area contributed by atoms with Gasteiger partial charge in [-0.1, -0.05) is 25.1 Å². The number of anilines is 1. The summed E-state index contributed by atoms with van der Waals surface area (Å²) < 4.78 is 0. The number of nitrogens with zero attached hydrogens (tertiary/aromatic N) is 1. The molecule has 0 aliphatic carbocycles. The van der Waals surface area contributed by atoms with Gasteiger partial charge >= 0.3 is 0 Å². The van der Waals surface area contributed by atoms with E-state index in [9.17, 15) is 0 Å². The van der Waals surface area contributed by atoms with Gasteiger partial charge in [-0.2, -0.15) is 0 Å². The molecule has 2 rings (SSSR count). The molecule has 112 valence electrons. The quantitative estimate of drug-likeness (QED) is 0.888. The van der Waals surface area contributed by atoms with Crippen molar-refractivity contribution >= 4 is 5.69 Å². The normalized spacial score (nSPS) is 23.9. The molecule has 1 N–H and O–H groups in total. The van der Waals surface area contributed by atoms with E-state index in [1.807, 2.05) is 0 Å². The van der Waals surface area contributed by atoms with Crippen LogP contribution in [0.5, 0.6) is 0 Å². The van der Waals surface area contributed by atoms with E-state index in [-0.39, 0.29) is 5.54 Å². The number of nitrogens with one attached hydrogen (secondary N) is 1. The average molecular weight is 274 g/mol. The van der Waals surface area contributed by atoms with Gasteiger partial charge in [0.25, 0.3) is 0 Å². The summed E-state index contributed by atoms with van der Waals surface area (Å²) in [7, 11) is 0. The van der Waals surface area contributed by atoms with Gasteiger partial charge in [-0.05, 0) is 58.1 Å². The second-order valence-corrected chi connectivity index (χ2v) is 7.42. The molecule has 1 heterocycles. The first-order valence-electron chi connectivity index (χ1n) is 7.96. The van der Waals surface area contributed by atoms with Gasteiger partial charge in [-0.15, -0.1) is 0 Å². The van der Waals surface area contributed by atoms with Crippen molar-refractivity contribution in [2.24, 2.45) is 5.92 Å². The van der Waals surface area contributed by atoms with Gasteiger partial charge in [-0.3, -0.25) is 0 Å². The SMILES string of the molecule is CC1CCC(C)N(c2ccccc2CNC(C)(C)C)C1. The van der Waals surface area contributed by atoms with Crippen molar-refractivity contribution in [1.29, 1.82) is 0 Å². The van der Waals surface area contributed by atoms with Crippen molar-refractivity contribution in [3.8, 4) is 0 Å². The van der Waals surface area contributed by atoms with Crippen LogP contribution < -0.4 is 10.2 Å². The second kappa shape index (κ2) is 6.17. The van der Waals surface area contributed by atoms with E-state index >= 15 is 0 Å². The molecule has 2 unspecified atom stereocenters. The molecule has 2 nitrogen and oxygen atoms in total. The molecule has 1 aromatic rings. The fourth-order valence-corrected chi connectivity index (χ4v) is 2.93. The summed E-state index contributed by atoms with van der Waals surface area (Å²) in [5.41, 5.74) is 3.00. The molecule has 0 saturated carbocycles. The van der Waals surface area contributed by atoms with Gasteiger partial charge in [0.2, 0.25) is 0 Å². The zero-order valence-corrected chi connectivity index (χ0v) is 13.7. The fourth-order valence-electron chi connectivity index (χ4n) is 2.93. The number of hydrogen-bond acceptors (Lipinski definition) is 2. The molecule has 0 radical (unpaired) electrons. The van der Waals surface area contributed by atoms with E-state index in [0.29, 0.717) is 6.04 Å². The first kappa shape index (κ1) is 15.4. The van der Waals surface area contributed by atoms with Gasteiger partial charge in [0.05, 0.1) is 0 Å². The third kappa shape index (κ3) is 3.99. The summed E-state index contributed by atoms with van der Waals surface area (Å²) in [4.78, 5) is 2.60. The molecule has 2 heteroatoms. The first-order valence-corrected chi connectivity index (χ1v) is 7.96. The van der Waals surface area contributed by atoms with Crippen LogP contribution in [0, 0.1) is 5.92 Å². The fraction of sp³-hybridized carbons (Fsp3) is 0.667. The minimum atomic E-state index is 0.161. The van der Waals surface area contributed by atoms with E-state index in [2.05, 4.69) is 69.1 Å². The van der Waals surface area contributed by atoms with Crippen molar-refractivity contribution in [3.05, 3.63) is 29.8 Å². The molecule has 0 amide bonds. The molecule has 1 aromatic carbocycles. The van der Waals surface area contributed by atoms with Crippen LogP contribution in [0.15, 0.2) is 24.3 Å². The minimum absolute atomic E-state index is 0.161. The lowest BCUT2D eigenvalue weighted by Gasteiger charge is -2.40. The molecule has 0 spiro atoms. The third-order valence-electron chi connectivity index (χ3n) is 4.23. The first-order chi connectivity index (χ1) is 9.37. The Morgan fingerprint density at radius 2 is 1.85 bits per heavy atom. The zero-order valence-electron chi connectivity index (χ0n) is 13.7. The van der Waals surface area contributed by atoms with Gasteiger partial charge < -0.3 is 10.2 Å². The van der Waals surface area contributed by atoms with E-state index in [1.165, 1.54) is 30.6 Å². The van der Waals surface area contributed by atoms with E-state index in [4.69, 9.17) is 0 Å². The lowest BCUT2D eigenvalue weighted by atomic mass is 9.93. The van der Waals surface area contributed by atoms with E-state index in [1.54, 1.807) is 0 Å². The highest BCUT2D eigenvalue weighted by atomic mass is 15.2. The van der Waals surface area contributed by atoms with Gasteiger partial charge in [0, 0.05) is 30.4 Å². The molecule has 1 aliphatic heterocycles. The molecule has 1 fully saturated rings. The zero-order chi connectivity index (χ0) is 14.8. The molecule has 0 aromatic heterocycles. The van der Waals surface area contributed by atoms with E-state index < -0.39 is 0 Å². The van der Waals surface area contributed by atoms with Crippen LogP contribution in [-0.4, -0.2) is 18.1 Å². The predicted octanol–water partition coefficient (Wildman–Crippen LogP) is 4.20. The van der Waals surface area contributed by atoms with Crippen molar-refractivity contribution in [2.45, 2.75) is 65.6 Å². The van der Waals surface area contributed by atoms with Gasteiger partial charge in [-0.25, -0.2) is 0 Å². The maximum atomic E-state index is 3.62. The van der Waals surface area contributed by atoms with Crippen LogP contribution >= 0.6 is 0 Å². The summed E-state index contributed by atoms with van der Waals surface area (Å²) in [6, 6.07) is 9.53. The lowest BCUT2D eigenvalue weighted by Crippen LogP contribution is -2.42. The Bertz CT molecular complexity index is 433.